The van der Waals surface area contributed by atoms with Gasteiger partial charge in [0.15, 0.2) is 0 Å². The van der Waals surface area contributed by atoms with E-state index in [1.54, 1.807) is 17.8 Å². The van der Waals surface area contributed by atoms with Gasteiger partial charge < -0.3 is 4.57 Å². The van der Waals surface area contributed by atoms with Gasteiger partial charge in [-0.15, -0.1) is 0 Å². The highest BCUT2D eigenvalue weighted by Crippen LogP contribution is 2.18. The van der Waals surface area contributed by atoms with Crippen molar-refractivity contribution in [1.29, 1.82) is 0 Å². The minimum atomic E-state index is -3.74. The number of imidazole rings is 1. The monoisotopic (exact) mass is 326 g/mol. The molecule has 0 radical (unpaired) electrons. The highest BCUT2D eigenvalue weighted by molar-refractivity contribution is 7.92. The van der Waals surface area contributed by atoms with Crippen molar-refractivity contribution in [3.05, 3.63) is 42.5 Å². The van der Waals surface area contributed by atoms with E-state index in [0.29, 0.717) is 0 Å². The highest BCUT2D eigenvalue weighted by Gasteiger charge is 2.21. The zero-order chi connectivity index (χ0) is 16.3. The zero-order valence-corrected chi connectivity index (χ0v) is 12.8. The third-order valence-electron chi connectivity index (χ3n) is 2.86. The summed E-state index contributed by atoms with van der Waals surface area (Å²) >= 11 is 0. The van der Waals surface area contributed by atoms with E-state index in [0.717, 1.165) is 16.6 Å². The average molecular weight is 326 g/mol. The zero-order valence-electron chi connectivity index (χ0n) is 12.0. The molecule has 1 heterocycles. The Labute approximate surface area is 127 Å². The lowest BCUT2D eigenvalue weighted by molar-refractivity contribution is -0.114. The Hall–Kier alpha value is -2.42. The Balaban J connectivity index is 2.21. The summed E-state index contributed by atoms with van der Waals surface area (Å²) in [7, 11) is -2.06. The van der Waals surface area contributed by atoms with Crippen LogP contribution >= 0.6 is 0 Å². The second kappa shape index (κ2) is 6.14. The molecule has 0 aliphatic heterocycles. The van der Waals surface area contributed by atoms with E-state index in [1.165, 1.54) is 24.4 Å². The van der Waals surface area contributed by atoms with Crippen molar-refractivity contribution < 1.29 is 17.6 Å². The van der Waals surface area contributed by atoms with Gasteiger partial charge in [-0.3, -0.25) is 14.4 Å². The van der Waals surface area contributed by atoms with E-state index in [1.807, 2.05) is 0 Å². The van der Waals surface area contributed by atoms with E-state index < -0.39 is 28.3 Å². The van der Waals surface area contributed by atoms with Crippen LogP contribution in [0.1, 0.15) is 0 Å². The molecular formula is C13H15FN4O3S. The molecule has 0 fully saturated rings. The van der Waals surface area contributed by atoms with Gasteiger partial charge in [-0.1, -0.05) is 6.07 Å². The van der Waals surface area contributed by atoms with Crippen LogP contribution in [0.2, 0.25) is 0 Å². The van der Waals surface area contributed by atoms with E-state index in [4.69, 9.17) is 0 Å². The van der Waals surface area contributed by atoms with Gasteiger partial charge in [0.2, 0.25) is 21.9 Å². The summed E-state index contributed by atoms with van der Waals surface area (Å²) in [6.07, 6.45) is 4.08. The number of carbonyl (C=O) groups excluding carboxylic acids is 1. The number of rotatable bonds is 5. The van der Waals surface area contributed by atoms with Crippen LogP contribution in [0.15, 0.2) is 36.7 Å². The molecule has 0 saturated heterocycles. The second-order valence-corrected chi connectivity index (χ2v) is 6.57. The predicted molar refractivity (Wildman–Crippen MR) is 80.4 cm³/mol. The lowest BCUT2D eigenvalue weighted by atomic mass is 10.3. The number of nitrogens with one attached hydrogen (secondary N) is 1. The maximum atomic E-state index is 13.3. The lowest BCUT2D eigenvalue weighted by Gasteiger charge is -2.21. The molecule has 1 amide bonds. The Morgan fingerprint density at radius 3 is 2.73 bits per heavy atom. The molecule has 2 rings (SSSR count). The number of hydrogen-bond donors (Lipinski definition) is 1. The molecule has 0 saturated carbocycles. The molecule has 0 unspecified atom stereocenters. The van der Waals surface area contributed by atoms with Crippen LogP contribution in [0.5, 0.6) is 0 Å². The molecule has 118 valence electrons. The van der Waals surface area contributed by atoms with Gasteiger partial charge in [0.25, 0.3) is 0 Å². The number of sulfonamides is 1. The largest absolute Gasteiger partial charge is 0.320 e. The van der Waals surface area contributed by atoms with Gasteiger partial charge in [-0.2, -0.15) is 0 Å². The summed E-state index contributed by atoms with van der Waals surface area (Å²) in [4.78, 5) is 15.9. The SMILES string of the molecule is Cn1ccnc1NC(=O)CN(c1cccc(F)c1)S(C)(=O)=O. The molecule has 2 aromatic rings. The Morgan fingerprint density at radius 2 is 2.18 bits per heavy atom. The van der Waals surface area contributed by atoms with E-state index in [-0.39, 0.29) is 11.6 Å². The van der Waals surface area contributed by atoms with Crippen molar-refractivity contribution in [3.63, 3.8) is 0 Å². The maximum absolute atomic E-state index is 13.3. The van der Waals surface area contributed by atoms with Crippen LogP contribution in [-0.4, -0.2) is 36.7 Å². The number of aromatic nitrogens is 2. The summed E-state index contributed by atoms with van der Waals surface area (Å²) < 4.78 is 39.4. The summed E-state index contributed by atoms with van der Waals surface area (Å²) in [5, 5.41) is 2.49. The van der Waals surface area contributed by atoms with Crippen LogP contribution in [0.3, 0.4) is 0 Å². The Morgan fingerprint density at radius 1 is 1.45 bits per heavy atom. The maximum Gasteiger partial charge on any atom is 0.247 e. The van der Waals surface area contributed by atoms with Crippen LogP contribution in [-0.2, 0) is 21.9 Å². The third kappa shape index (κ3) is 3.82. The summed E-state index contributed by atoms with van der Waals surface area (Å²) in [6.45, 7) is -0.477. The fourth-order valence-corrected chi connectivity index (χ4v) is 2.66. The first-order valence-corrected chi connectivity index (χ1v) is 8.12. The molecular weight excluding hydrogens is 311 g/mol. The van der Waals surface area contributed by atoms with Crippen molar-refractivity contribution in [2.45, 2.75) is 0 Å². The number of anilines is 2. The smallest absolute Gasteiger partial charge is 0.247 e. The van der Waals surface area contributed by atoms with Gasteiger partial charge in [0, 0.05) is 19.4 Å². The molecule has 1 N–H and O–H groups in total. The van der Waals surface area contributed by atoms with Gasteiger partial charge in [0.1, 0.15) is 12.4 Å². The summed E-state index contributed by atoms with van der Waals surface area (Å²) in [5.41, 5.74) is 0.0810. The number of aryl methyl sites for hydroxylation is 1. The summed E-state index contributed by atoms with van der Waals surface area (Å²) in [5.74, 6) is -0.877. The first-order valence-electron chi connectivity index (χ1n) is 6.28. The number of carbonyl (C=O) groups is 1. The van der Waals surface area contributed by atoms with E-state index in [2.05, 4.69) is 10.3 Å². The van der Waals surface area contributed by atoms with Gasteiger partial charge in [0.05, 0.1) is 11.9 Å². The van der Waals surface area contributed by atoms with Gasteiger partial charge >= 0.3 is 0 Å². The van der Waals surface area contributed by atoms with Gasteiger partial charge in [-0.05, 0) is 18.2 Å². The number of hydrogen-bond acceptors (Lipinski definition) is 4. The fourth-order valence-electron chi connectivity index (χ4n) is 1.81. The molecule has 1 aromatic carbocycles. The molecule has 0 aliphatic carbocycles. The number of amides is 1. The number of halogens is 1. The van der Waals surface area contributed by atoms with Crippen molar-refractivity contribution in [2.24, 2.45) is 7.05 Å². The normalized spacial score (nSPS) is 11.2. The fraction of sp³-hybridized carbons (Fsp3) is 0.231. The molecule has 22 heavy (non-hydrogen) atoms. The van der Waals surface area contributed by atoms with Crippen LogP contribution in [0.25, 0.3) is 0 Å². The van der Waals surface area contributed by atoms with Gasteiger partial charge in [-0.25, -0.2) is 17.8 Å². The van der Waals surface area contributed by atoms with Crippen molar-refractivity contribution in [2.75, 3.05) is 22.4 Å². The Kier molecular flexibility index (Phi) is 4.45. The standard InChI is InChI=1S/C13H15FN4O3S/c1-17-7-6-15-13(17)16-12(19)9-18(22(2,20)21)11-5-3-4-10(14)8-11/h3-8H,9H2,1-2H3,(H,15,16,19). The molecule has 9 heteroatoms. The molecule has 1 aromatic heterocycles. The molecule has 7 nitrogen and oxygen atoms in total. The first kappa shape index (κ1) is 16.0. The minimum absolute atomic E-state index is 0.0810. The third-order valence-corrected chi connectivity index (χ3v) is 4.00. The van der Waals surface area contributed by atoms with Crippen LogP contribution < -0.4 is 9.62 Å². The van der Waals surface area contributed by atoms with Crippen LogP contribution in [0, 0.1) is 5.82 Å². The van der Waals surface area contributed by atoms with E-state index >= 15 is 0 Å². The highest BCUT2D eigenvalue weighted by atomic mass is 32.2. The first-order chi connectivity index (χ1) is 10.3. The van der Waals surface area contributed by atoms with E-state index in [9.17, 15) is 17.6 Å². The molecule has 0 atom stereocenters. The predicted octanol–water partition coefficient (Wildman–Crippen LogP) is 0.964. The number of benzene rings is 1. The molecule has 0 bridgehead atoms. The number of nitrogens with zero attached hydrogens (tertiary/aromatic N) is 3. The van der Waals surface area contributed by atoms with Crippen molar-refractivity contribution in [1.82, 2.24) is 9.55 Å². The lowest BCUT2D eigenvalue weighted by Crippen LogP contribution is -2.37. The summed E-state index contributed by atoms with van der Waals surface area (Å²) in [6, 6.07) is 5.03. The molecule has 0 spiro atoms. The second-order valence-electron chi connectivity index (χ2n) is 4.66. The Bertz CT molecular complexity index is 788. The van der Waals surface area contributed by atoms with Crippen molar-refractivity contribution >= 4 is 27.6 Å². The average Bonchev–Trinajstić information content (AvgIpc) is 2.80. The van der Waals surface area contributed by atoms with Crippen LogP contribution in [0.4, 0.5) is 16.0 Å². The van der Waals surface area contributed by atoms with Crippen molar-refractivity contribution in [3.8, 4) is 0 Å². The molecule has 0 aliphatic rings. The quantitative estimate of drug-likeness (QED) is 0.887. The topological polar surface area (TPSA) is 84.3 Å². The minimum Gasteiger partial charge on any atom is -0.320 e.